The highest BCUT2D eigenvalue weighted by Crippen LogP contribution is 2.12. The van der Waals surface area contributed by atoms with E-state index >= 15 is 0 Å². The van der Waals surface area contributed by atoms with E-state index in [0.717, 1.165) is 0 Å². The van der Waals surface area contributed by atoms with Crippen LogP contribution in [0.3, 0.4) is 0 Å². The number of hydrogen-bond acceptors (Lipinski definition) is 4. The van der Waals surface area contributed by atoms with Gasteiger partial charge in [0.05, 0.1) is 12.4 Å². The van der Waals surface area contributed by atoms with Crippen molar-refractivity contribution in [2.24, 2.45) is 0 Å². The molecule has 0 atom stereocenters. The molecule has 0 saturated heterocycles. The Labute approximate surface area is 108 Å². The summed E-state index contributed by atoms with van der Waals surface area (Å²) in [4.78, 5) is 0. The molecule has 100 valence electrons. The smallest absolute Gasteiger partial charge is 0.218 e. The SMILES string of the molecule is C=CCN(CCO)S(=O)(=O)Cc1ccc(N)cc1. The molecule has 0 saturated carbocycles. The maximum absolute atomic E-state index is 12.1. The molecule has 1 aromatic rings. The molecule has 0 radical (unpaired) electrons. The highest BCUT2D eigenvalue weighted by Gasteiger charge is 2.20. The van der Waals surface area contributed by atoms with Gasteiger partial charge in [-0.05, 0) is 17.7 Å². The predicted octanol–water partition coefficient (Wildman–Crippen LogP) is 0.579. The van der Waals surface area contributed by atoms with Crippen LogP contribution in [0.15, 0.2) is 36.9 Å². The lowest BCUT2D eigenvalue weighted by Crippen LogP contribution is -2.34. The molecule has 0 aromatic heterocycles. The molecular weight excluding hydrogens is 252 g/mol. The second kappa shape index (κ2) is 6.53. The monoisotopic (exact) mass is 270 g/mol. The molecule has 0 fully saturated rings. The van der Waals surface area contributed by atoms with Gasteiger partial charge in [0.2, 0.25) is 10.0 Å². The first-order chi connectivity index (χ1) is 8.49. The van der Waals surface area contributed by atoms with Crippen molar-refractivity contribution < 1.29 is 13.5 Å². The third kappa shape index (κ3) is 4.14. The Hall–Kier alpha value is -1.37. The van der Waals surface area contributed by atoms with E-state index in [1.807, 2.05) is 0 Å². The molecular formula is C12H18N2O3S. The Kier molecular flexibility index (Phi) is 5.33. The van der Waals surface area contributed by atoms with E-state index < -0.39 is 10.0 Å². The number of rotatable bonds is 7. The van der Waals surface area contributed by atoms with Crippen LogP contribution in [0.4, 0.5) is 5.69 Å². The molecule has 0 unspecified atom stereocenters. The van der Waals surface area contributed by atoms with E-state index in [4.69, 9.17) is 10.8 Å². The number of anilines is 1. The largest absolute Gasteiger partial charge is 0.399 e. The van der Waals surface area contributed by atoms with E-state index in [9.17, 15) is 8.42 Å². The van der Waals surface area contributed by atoms with Gasteiger partial charge in [0, 0.05) is 18.8 Å². The standard InChI is InChI=1S/C12H18N2O3S/c1-2-7-14(8-9-15)18(16,17)10-11-3-5-12(13)6-4-11/h2-6,15H,1,7-10,13H2. The summed E-state index contributed by atoms with van der Waals surface area (Å²) in [6.07, 6.45) is 1.50. The summed E-state index contributed by atoms with van der Waals surface area (Å²) in [5, 5.41) is 8.87. The number of benzene rings is 1. The molecule has 0 heterocycles. The molecule has 0 spiro atoms. The van der Waals surface area contributed by atoms with Crippen LogP contribution in [0.25, 0.3) is 0 Å². The zero-order chi connectivity index (χ0) is 13.6. The van der Waals surface area contributed by atoms with Crippen molar-refractivity contribution in [2.45, 2.75) is 5.75 Å². The van der Waals surface area contributed by atoms with Crippen molar-refractivity contribution in [3.8, 4) is 0 Å². The van der Waals surface area contributed by atoms with Crippen LogP contribution in [0.5, 0.6) is 0 Å². The summed E-state index contributed by atoms with van der Waals surface area (Å²) in [6.45, 7) is 3.56. The first-order valence-electron chi connectivity index (χ1n) is 5.53. The summed E-state index contributed by atoms with van der Waals surface area (Å²) in [5.74, 6) is -0.110. The minimum atomic E-state index is -3.45. The van der Waals surface area contributed by atoms with E-state index in [0.29, 0.717) is 11.3 Å². The van der Waals surface area contributed by atoms with Crippen LogP contribution in [-0.4, -0.2) is 37.5 Å². The van der Waals surface area contributed by atoms with Crippen molar-refractivity contribution >= 4 is 15.7 Å². The topological polar surface area (TPSA) is 83.6 Å². The Morgan fingerprint density at radius 1 is 1.33 bits per heavy atom. The number of nitrogens with zero attached hydrogens (tertiary/aromatic N) is 1. The van der Waals surface area contributed by atoms with E-state index in [1.54, 1.807) is 24.3 Å². The number of nitrogen functional groups attached to an aromatic ring is 1. The van der Waals surface area contributed by atoms with Crippen molar-refractivity contribution in [1.82, 2.24) is 4.31 Å². The molecule has 1 rings (SSSR count). The predicted molar refractivity (Wildman–Crippen MR) is 72.3 cm³/mol. The minimum absolute atomic E-state index is 0.0727. The molecule has 0 amide bonds. The lowest BCUT2D eigenvalue weighted by molar-refractivity contribution is 0.260. The van der Waals surface area contributed by atoms with Gasteiger partial charge in [0.15, 0.2) is 0 Å². The Morgan fingerprint density at radius 2 is 1.94 bits per heavy atom. The van der Waals surface area contributed by atoms with Gasteiger partial charge in [-0.25, -0.2) is 8.42 Å². The van der Waals surface area contributed by atoms with Crippen LogP contribution >= 0.6 is 0 Å². The number of aliphatic hydroxyl groups excluding tert-OH is 1. The molecule has 0 bridgehead atoms. The average molecular weight is 270 g/mol. The Bertz CT molecular complexity index is 483. The number of nitrogens with two attached hydrogens (primary N) is 1. The zero-order valence-corrected chi connectivity index (χ0v) is 10.9. The Balaban J connectivity index is 2.84. The zero-order valence-electron chi connectivity index (χ0n) is 10.1. The minimum Gasteiger partial charge on any atom is -0.399 e. The first-order valence-corrected chi connectivity index (χ1v) is 7.14. The third-order valence-electron chi connectivity index (χ3n) is 2.40. The second-order valence-corrected chi connectivity index (χ2v) is 5.84. The van der Waals surface area contributed by atoms with Crippen molar-refractivity contribution in [2.75, 3.05) is 25.4 Å². The van der Waals surface area contributed by atoms with Crippen LogP contribution in [0, 0.1) is 0 Å². The molecule has 6 heteroatoms. The summed E-state index contributed by atoms with van der Waals surface area (Å²) in [7, 11) is -3.45. The second-order valence-electron chi connectivity index (χ2n) is 3.87. The van der Waals surface area contributed by atoms with Gasteiger partial charge >= 0.3 is 0 Å². The number of hydrogen-bond donors (Lipinski definition) is 2. The molecule has 0 aliphatic heterocycles. The van der Waals surface area contributed by atoms with E-state index in [2.05, 4.69) is 6.58 Å². The lowest BCUT2D eigenvalue weighted by Gasteiger charge is -2.19. The average Bonchev–Trinajstić information content (AvgIpc) is 2.32. The highest BCUT2D eigenvalue weighted by atomic mass is 32.2. The fraction of sp³-hybridized carbons (Fsp3) is 0.333. The van der Waals surface area contributed by atoms with Gasteiger partial charge in [-0.2, -0.15) is 4.31 Å². The van der Waals surface area contributed by atoms with Crippen LogP contribution in [-0.2, 0) is 15.8 Å². The van der Waals surface area contributed by atoms with Crippen LogP contribution in [0.1, 0.15) is 5.56 Å². The lowest BCUT2D eigenvalue weighted by atomic mass is 10.2. The van der Waals surface area contributed by atoms with Gasteiger partial charge in [0.25, 0.3) is 0 Å². The first kappa shape index (κ1) is 14.7. The normalized spacial score (nSPS) is 11.7. The summed E-state index contributed by atoms with van der Waals surface area (Å²) < 4.78 is 25.4. The van der Waals surface area contributed by atoms with Gasteiger partial charge in [-0.1, -0.05) is 18.2 Å². The van der Waals surface area contributed by atoms with Crippen molar-refractivity contribution in [1.29, 1.82) is 0 Å². The van der Waals surface area contributed by atoms with Gasteiger partial charge in [-0.15, -0.1) is 6.58 Å². The van der Waals surface area contributed by atoms with Crippen molar-refractivity contribution in [3.05, 3.63) is 42.5 Å². The molecule has 0 aliphatic carbocycles. The molecule has 3 N–H and O–H groups in total. The highest BCUT2D eigenvalue weighted by molar-refractivity contribution is 7.88. The van der Waals surface area contributed by atoms with Crippen LogP contribution < -0.4 is 5.73 Å². The van der Waals surface area contributed by atoms with Crippen molar-refractivity contribution in [3.63, 3.8) is 0 Å². The number of aliphatic hydroxyl groups is 1. The summed E-state index contributed by atoms with van der Waals surface area (Å²) >= 11 is 0. The third-order valence-corrected chi connectivity index (χ3v) is 4.22. The van der Waals surface area contributed by atoms with Gasteiger partial charge < -0.3 is 10.8 Å². The summed E-state index contributed by atoms with van der Waals surface area (Å²) in [6, 6.07) is 6.68. The fourth-order valence-corrected chi connectivity index (χ4v) is 3.00. The quantitative estimate of drug-likeness (QED) is 0.561. The van der Waals surface area contributed by atoms with E-state index in [1.165, 1.54) is 10.4 Å². The van der Waals surface area contributed by atoms with Gasteiger partial charge in [-0.3, -0.25) is 0 Å². The fourth-order valence-electron chi connectivity index (χ4n) is 1.52. The van der Waals surface area contributed by atoms with Crippen LogP contribution in [0.2, 0.25) is 0 Å². The maximum atomic E-state index is 12.1. The molecule has 0 aliphatic rings. The van der Waals surface area contributed by atoms with E-state index in [-0.39, 0.29) is 25.4 Å². The number of sulfonamides is 1. The maximum Gasteiger partial charge on any atom is 0.218 e. The molecule has 5 nitrogen and oxygen atoms in total. The molecule has 1 aromatic carbocycles. The summed E-state index contributed by atoms with van der Waals surface area (Å²) in [5.41, 5.74) is 6.79. The Morgan fingerprint density at radius 3 is 2.44 bits per heavy atom. The van der Waals surface area contributed by atoms with Gasteiger partial charge in [0.1, 0.15) is 0 Å². The molecule has 18 heavy (non-hydrogen) atoms.